The number of rotatable bonds is 14. The van der Waals surface area contributed by atoms with Gasteiger partial charge >= 0.3 is 0 Å². The van der Waals surface area contributed by atoms with Crippen molar-refractivity contribution in [3.8, 4) is 5.75 Å². The van der Waals surface area contributed by atoms with Gasteiger partial charge in [-0.05, 0) is 49.6 Å². The first-order chi connectivity index (χ1) is 17.1. The predicted molar refractivity (Wildman–Crippen MR) is 146 cm³/mol. The maximum Gasteiger partial charge on any atom is 0.242 e. The van der Waals surface area contributed by atoms with E-state index in [-0.39, 0.29) is 31.3 Å². The molecule has 0 saturated carbocycles. The third-order valence-electron chi connectivity index (χ3n) is 5.73. The number of benzene rings is 2. The number of sulfonamides is 1. The smallest absolute Gasteiger partial charge is 0.242 e. The Hall–Kier alpha value is -2.59. The van der Waals surface area contributed by atoms with E-state index in [4.69, 9.17) is 4.74 Å². The van der Waals surface area contributed by atoms with Crippen molar-refractivity contribution >= 4 is 43.5 Å². The van der Waals surface area contributed by atoms with Crippen LogP contribution >= 0.6 is 15.9 Å². The van der Waals surface area contributed by atoms with E-state index in [1.165, 1.54) is 11.4 Å². The number of carbonyl (C=O) groups excluding carboxylic acids is 2. The number of carbonyl (C=O) groups is 2. The SMILES string of the molecule is CCCCNC(=O)[C@H](C)N(Cc1cccc(Br)c1)C(=O)CCCN(c1cccc(OC)c1)S(C)(=O)=O. The van der Waals surface area contributed by atoms with Crippen LogP contribution in [0.3, 0.4) is 0 Å². The van der Waals surface area contributed by atoms with Gasteiger partial charge in [0, 0.05) is 36.6 Å². The fourth-order valence-corrected chi connectivity index (χ4v) is 5.12. The Morgan fingerprint density at radius 1 is 1.11 bits per heavy atom. The highest BCUT2D eigenvalue weighted by atomic mass is 79.9. The molecule has 1 N–H and O–H groups in total. The molecule has 2 aromatic rings. The summed E-state index contributed by atoms with van der Waals surface area (Å²) >= 11 is 3.45. The monoisotopic (exact) mass is 581 g/mol. The first-order valence-corrected chi connectivity index (χ1v) is 14.6. The minimum absolute atomic E-state index is 0.0938. The van der Waals surface area contributed by atoms with E-state index in [2.05, 4.69) is 21.2 Å². The van der Waals surface area contributed by atoms with Crippen molar-refractivity contribution < 1.29 is 22.7 Å². The van der Waals surface area contributed by atoms with Crippen molar-refractivity contribution in [1.29, 1.82) is 0 Å². The van der Waals surface area contributed by atoms with E-state index >= 15 is 0 Å². The molecule has 0 spiro atoms. The fourth-order valence-electron chi connectivity index (χ4n) is 3.72. The van der Waals surface area contributed by atoms with Crippen molar-refractivity contribution in [2.45, 2.75) is 52.1 Å². The second kappa shape index (κ2) is 14.2. The zero-order chi connectivity index (χ0) is 26.7. The van der Waals surface area contributed by atoms with Gasteiger partial charge in [0.15, 0.2) is 0 Å². The molecule has 2 aromatic carbocycles. The molecule has 0 heterocycles. The van der Waals surface area contributed by atoms with E-state index < -0.39 is 16.1 Å². The lowest BCUT2D eigenvalue weighted by Gasteiger charge is -2.29. The van der Waals surface area contributed by atoms with Gasteiger partial charge in [-0.3, -0.25) is 13.9 Å². The number of hydrogen-bond donors (Lipinski definition) is 1. The normalized spacial score (nSPS) is 12.0. The predicted octanol–water partition coefficient (Wildman–Crippen LogP) is 4.34. The lowest BCUT2D eigenvalue weighted by Crippen LogP contribution is -2.48. The van der Waals surface area contributed by atoms with Gasteiger partial charge in [-0.15, -0.1) is 0 Å². The molecule has 198 valence electrons. The van der Waals surface area contributed by atoms with Gasteiger partial charge in [0.1, 0.15) is 11.8 Å². The molecule has 2 rings (SSSR count). The third kappa shape index (κ3) is 9.13. The number of anilines is 1. The van der Waals surface area contributed by atoms with Crippen LogP contribution in [0.25, 0.3) is 0 Å². The minimum atomic E-state index is -3.57. The van der Waals surface area contributed by atoms with Crippen LogP contribution in [-0.2, 0) is 26.2 Å². The van der Waals surface area contributed by atoms with E-state index in [0.29, 0.717) is 24.4 Å². The summed E-state index contributed by atoms with van der Waals surface area (Å²) in [6.07, 6.45) is 3.35. The molecule has 0 bridgehead atoms. The Kier molecular flexibility index (Phi) is 11.7. The van der Waals surface area contributed by atoms with Gasteiger partial charge in [-0.1, -0.05) is 47.5 Å². The van der Waals surface area contributed by atoms with Gasteiger partial charge in [-0.2, -0.15) is 0 Å². The summed E-state index contributed by atoms with van der Waals surface area (Å²) in [5.74, 6) is 0.119. The number of methoxy groups -OCH3 is 1. The molecule has 0 aromatic heterocycles. The molecular weight excluding hydrogens is 546 g/mol. The maximum atomic E-state index is 13.3. The Morgan fingerprint density at radius 2 is 1.83 bits per heavy atom. The summed E-state index contributed by atoms with van der Waals surface area (Å²) in [6.45, 7) is 4.72. The molecule has 0 aliphatic carbocycles. The molecule has 0 saturated heterocycles. The summed E-state index contributed by atoms with van der Waals surface area (Å²) in [7, 11) is -2.06. The summed E-state index contributed by atoms with van der Waals surface area (Å²) in [5.41, 5.74) is 1.36. The Morgan fingerprint density at radius 3 is 2.47 bits per heavy atom. The molecule has 10 heteroatoms. The van der Waals surface area contributed by atoms with Crippen LogP contribution in [0.2, 0.25) is 0 Å². The zero-order valence-corrected chi connectivity index (χ0v) is 23.8. The van der Waals surface area contributed by atoms with Gasteiger partial charge in [0.25, 0.3) is 0 Å². The summed E-state index contributed by atoms with van der Waals surface area (Å²) < 4.78 is 32.3. The van der Waals surface area contributed by atoms with E-state index in [0.717, 1.165) is 29.1 Å². The molecule has 0 fully saturated rings. The molecule has 0 unspecified atom stereocenters. The highest BCUT2D eigenvalue weighted by molar-refractivity contribution is 9.10. The van der Waals surface area contributed by atoms with Crippen LogP contribution in [0, 0.1) is 0 Å². The zero-order valence-electron chi connectivity index (χ0n) is 21.4. The number of halogens is 1. The second-order valence-corrected chi connectivity index (χ2v) is 11.4. The molecule has 36 heavy (non-hydrogen) atoms. The van der Waals surface area contributed by atoms with Crippen LogP contribution in [-0.4, -0.2) is 57.6 Å². The lowest BCUT2D eigenvalue weighted by molar-refractivity contribution is -0.140. The van der Waals surface area contributed by atoms with Crippen molar-refractivity contribution in [2.75, 3.05) is 30.8 Å². The topological polar surface area (TPSA) is 96.0 Å². The van der Waals surface area contributed by atoms with Crippen LogP contribution in [0.1, 0.15) is 45.1 Å². The van der Waals surface area contributed by atoms with E-state index in [1.54, 1.807) is 36.1 Å². The summed E-state index contributed by atoms with van der Waals surface area (Å²) in [4.78, 5) is 27.6. The van der Waals surface area contributed by atoms with E-state index in [1.807, 2.05) is 31.2 Å². The first kappa shape index (κ1) is 29.6. The first-order valence-electron chi connectivity index (χ1n) is 12.0. The lowest BCUT2D eigenvalue weighted by atomic mass is 10.1. The Labute approximate surface area is 223 Å². The number of unbranched alkanes of at least 4 members (excludes halogenated alkanes) is 1. The van der Waals surface area contributed by atoms with Crippen molar-refractivity contribution in [2.24, 2.45) is 0 Å². The van der Waals surface area contributed by atoms with Crippen molar-refractivity contribution in [3.63, 3.8) is 0 Å². The molecule has 0 aliphatic rings. The third-order valence-corrected chi connectivity index (χ3v) is 7.42. The van der Waals surface area contributed by atoms with Crippen molar-refractivity contribution in [3.05, 3.63) is 58.6 Å². The van der Waals surface area contributed by atoms with Gasteiger partial charge < -0.3 is 15.0 Å². The van der Waals surface area contributed by atoms with Crippen LogP contribution in [0.4, 0.5) is 5.69 Å². The van der Waals surface area contributed by atoms with Gasteiger partial charge in [0.05, 0.1) is 19.1 Å². The number of hydrogen-bond acceptors (Lipinski definition) is 5. The Bertz CT molecular complexity index is 1130. The molecule has 0 radical (unpaired) electrons. The van der Waals surface area contributed by atoms with E-state index in [9.17, 15) is 18.0 Å². The minimum Gasteiger partial charge on any atom is -0.497 e. The molecule has 2 amide bonds. The average Bonchev–Trinajstić information content (AvgIpc) is 2.84. The Balaban J connectivity index is 2.16. The average molecular weight is 583 g/mol. The molecular formula is C26H36BrN3O5S. The number of nitrogens with zero attached hydrogens (tertiary/aromatic N) is 2. The fraction of sp³-hybridized carbons (Fsp3) is 0.462. The highest BCUT2D eigenvalue weighted by Gasteiger charge is 2.26. The van der Waals surface area contributed by atoms with Crippen LogP contribution < -0.4 is 14.4 Å². The standard InChI is InChI=1S/C26H36BrN3O5S/c1-5-6-15-28-26(32)20(2)29(19-21-10-7-11-22(27)17-21)25(31)14-9-16-30(36(4,33)34)23-12-8-13-24(18-23)35-3/h7-8,10-13,17-18,20H,5-6,9,14-16,19H2,1-4H3,(H,28,32)/t20-/m0/s1. The molecule has 1 atom stereocenters. The van der Waals surface area contributed by atoms with Crippen molar-refractivity contribution in [1.82, 2.24) is 10.2 Å². The van der Waals surface area contributed by atoms with Gasteiger partial charge in [-0.25, -0.2) is 8.42 Å². The maximum absolute atomic E-state index is 13.3. The molecule has 0 aliphatic heterocycles. The number of nitrogens with one attached hydrogen (secondary N) is 1. The van der Waals surface area contributed by atoms with Crippen LogP contribution in [0.15, 0.2) is 53.0 Å². The largest absolute Gasteiger partial charge is 0.497 e. The molecule has 8 nitrogen and oxygen atoms in total. The summed E-state index contributed by atoms with van der Waals surface area (Å²) in [5, 5.41) is 2.90. The summed E-state index contributed by atoms with van der Waals surface area (Å²) in [6, 6.07) is 13.7. The second-order valence-electron chi connectivity index (χ2n) is 8.61. The quantitative estimate of drug-likeness (QED) is 0.335. The highest BCUT2D eigenvalue weighted by Crippen LogP contribution is 2.24. The number of ether oxygens (including phenoxy) is 1. The number of amides is 2. The van der Waals surface area contributed by atoms with Gasteiger partial charge in [0.2, 0.25) is 21.8 Å². The van der Waals surface area contributed by atoms with Crippen LogP contribution in [0.5, 0.6) is 5.75 Å².